The average molecular weight is 280 g/mol. The third-order valence-electron chi connectivity index (χ3n) is 2.77. The molecule has 0 radical (unpaired) electrons. The van der Waals surface area contributed by atoms with Crippen molar-refractivity contribution in [2.24, 2.45) is 0 Å². The first-order chi connectivity index (χ1) is 9.63. The van der Waals surface area contributed by atoms with Crippen LogP contribution in [0.2, 0.25) is 0 Å². The van der Waals surface area contributed by atoms with Crippen LogP contribution in [0, 0.1) is 10.1 Å². The summed E-state index contributed by atoms with van der Waals surface area (Å²) in [6, 6.07) is 5.65. The minimum atomic E-state index is -0.479. The number of ether oxygens (including phenoxy) is 1. The Balaban J connectivity index is 2.22. The molecule has 6 heteroatoms. The molecule has 20 heavy (non-hydrogen) atoms. The zero-order valence-corrected chi connectivity index (χ0v) is 11.6. The number of nitrogens with one attached hydrogen (secondary N) is 1. The van der Waals surface area contributed by atoms with Crippen LogP contribution in [0.15, 0.2) is 24.3 Å². The zero-order valence-electron chi connectivity index (χ0n) is 11.6. The van der Waals surface area contributed by atoms with Crippen molar-refractivity contribution in [1.29, 1.82) is 0 Å². The predicted octanol–water partition coefficient (Wildman–Crippen LogP) is 2.67. The fourth-order valence-corrected chi connectivity index (χ4v) is 1.64. The Hall–Kier alpha value is -2.11. The van der Waals surface area contributed by atoms with Gasteiger partial charge in [-0.25, -0.2) is 0 Å². The second-order valence-electron chi connectivity index (χ2n) is 4.45. The maximum atomic E-state index is 11.5. The van der Waals surface area contributed by atoms with E-state index in [1.807, 2.05) is 0 Å². The highest BCUT2D eigenvalue weighted by Gasteiger charge is 2.06. The summed E-state index contributed by atoms with van der Waals surface area (Å²) in [7, 11) is 0. The Labute approximate surface area is 118 Å². The van der Waals surface area contributed by atoms with E-state index in [2.05, 4.69) is 12.2 Å². The van der Waals surface area contributed by atoms with Gasteiger partial charge in [0.05, 0.1) is 4.92 Å². The molecule has 6 nitrogen and oxygen atoms in total. The first-order valence-corrected chi connectivity index (χ1v) is 6.77. The molecule has 0 aliphatic heterocycles. The third kappa shape index (κ3) is 6.17. The van der Waals surface area contributed by atoms with Crippen LogP contribution in [0.5, 0.6) is 5.75 Å². The maximum absolute atomic E-state index is 11.5. The number of amides is 1. The van der Waals surface area contributed by atoms with Crippen LogP contribution < -0.4 is 10.1 Å². The summed E-state index contributed by atoms with van der Waals surface area (Å²) in [6.07, 6.45) is 4.42. The van der Waals surface area contributed by atoms with E-state index in [1.54, 1.807) is 0 Å². The number of non-ortho nitro benzene ring substituents is 1. The second kappa shape index (κ2) is 8.90. The molecule has 110 valence electrons. The number of rotatable bonds is 9. The van der Waals surface area contributed by atoms with Crippen LogP contribution in [-0.2, 0) is 4.79 Å². The Morgan fingerprint density at radius 1 is 1.25 bits per heavy atom. The van der Waals surface area contributed by atoms with E-state index in [9.17, 15) is 14.9 Å². The van der Waals surface area contributed by atoms with E-state index in [0.29, 0.717) is 12.3 Å². The molecule has 1 rings (SSSR count). The lowest BCUT2D eigenvalue weighted by Gasteiger charge is -2.07. The number of nitrogens with zero attached hydrogens (tertiary/aromatic N) is 1. The van der Waals surface area contributed by atoms with Crippen molar-refractivity contribution in [2.75, 3.05) is 13.2 Å². The molecule has 0 unspecified atom stereocenters. The Kier molecular flexibility index (Phi) is 7.10. The van der Waals surface area contributed by atoms with E-state index in [-0.39, 0.29) is 18.2 Å². The average Bonchev–Trinajstić information content (AvgIpc) is 2.45. The molecule has 0 heterocycles. The Morgan fingerprint density at radius 3 is 2.55 bits per heavy atom. The first-order valence-electron chi connectivity index (χ1n) is 6.77. The van der Waals surface area contributed by atoms with Gasteiger partial charge in [0.2, 0.25) is 0 Å². The van der Waals surface area contributed by atoms with Gasteiger partial charge in [-0.05, 0) is 18.6 Å². The highest BCUT2D eigenvalue weighted by Crippen LogP contribution is 2.16. The molecular weight excluding hydrogens is 260 g/mol. The van der Waals surface area contributed by atoms with Crippen LogP contribution in [0.4, 0.5) is 5.69 Å². The van der Waals surface area contributed by atoms with Gasteiger partial charge < -0.3 is 10.1 Å². The van der Waals surface area contributed by atoms with Gasteiger partial charge >= 0.3 is 0 Å². The quantitative estimate of drug-likeness (QED) is 0.428. The van der Waals surface area contributed by atoms with Crippen LogP contribution in [-0.4, -0.2) is 24.0 Å². The number of hydrogen-bond acceptors (Lipinski definition) is 4. The molecule has 1 aromatic rings. The molecule has 0 atom stereocenters. The number of benzene rings is 1. The number of hydrogen-bond donors (Lipinski definition) is 1. The monoisotopic (exact) mass is 280 g/mol. The topological polar surface area (TPSA) is 81.5 Å². The summed E-state index contributed by atoms with van der Waals surface area (Å²) in [5, 5.41) is 13.2. The first kappa shape index (κ1) is 15.9. The van der Waals surface area contributed by atoms with Crippen molar-refractivity contribution < 1.29 is 14.5 Å². The molecule has 0 bridgehead atoms. The van der Waals surface area contributed by atoms with Crippen molar-refractivity contribution in [2.45, 2.75) is 32.6 Å². The van der Waals surface area contributed by atoms with Gasteiger partial charge in [-0.1, -0.05) is 26.2 Å². The molecule has 0 aromatic heterocycles. The standard InChI is InChI=1S/C14H20N2O4/c1-2-3-4-5-10-15-14(17)11-20-13-8-6-12(7-9-13)16(18)19/h6-9H,2-5,10-11H2,1H3,(H,15,17). The van der Waals surface area contributed by atoms with Crippen LogP contribution >= 0.6 is 0 Å². The third-order valence-corrected chi connectivity index (χ3v) is 2.77. The number of nitro benzene ring substituents is 1. The van der Waals surface area contributed by atoms with Crippen molar-refractivity contribution in [3.05, 3.63) is 34.4 Å². The van der Waals surface area contributed by atoms with Crippen molar-refractivity contribution >= 4 is 11.6 Å². The summed E-state index contributed by atoms with van der Waals surface area (Å²) >= 11 is 0. The van der Waals surface area contributed by atoms with E-state index < -0.39 is 4.92 Å². The molecule has 1 aromatic carbocycles. The number of nitro groups is 1. The fraction of sp³-hybridized carbons (Fsp3) is 0.500. The largest absolute Gasteiger partial charge is 0.484 e. The van der Waals surface area contributed by atoms with Gasteiger partial charge in [0.25, 0.3) is 11.6 Å². The Morgan fingerprint density at radius 2 is 1.95 bits per heavy atom. The van der Waals surface area contributed by atoms with Crippen LogP contribution in [0.3, 0.4) is 0 Å². The molecule has 0 spiro atoms. The van der Waals surface area contributed by atoms with E-state index in [1.165, 1.54) is 30.7 Å². The van der Waals surface area contributed by atoms with Crippen LogP contribution in [0.25, 0.3) is 0 Å². The van der Waals surface area contributed by atoms with Crippen molar-refractivity contribution in [1.82, 2.24) is 5.32 Å². The van der Waals surface area contributed by atoms with Gasteiger partial charge in [0, 0.05) is 18.7 Å². The van der Waals surface area contributed by atoms with E-state index >= 15 is 0 Å². The number of unbranched alkanes of at least 4 members (excludes halogenated alkanes) is 3. The molecule has 1 amide bonds. The fourth-order valence-electron chi connectivity index (χ4n) is 1.64. The molecule has 0 aliphatic carbocycles. The summed E-state index contributed by atoms with van der Waals surface area (Å²) in [6.45, 7) is 2.71. The lowest BCUT2D eigenvalue weighted by Crippen LogP contribution is -2.29. The molecule has 1 N–H and O–H groups in total. The van der Waals surface area contributed by atoms with Crippen LogP contribution in [0.1, 0.15) is 32.6 Å². The van der Waals surface area contributed by atoms with E-state index in [4.69, 9.17) is 4.74 Å². The Bertz CT molecular complexity index is 431. The van der Waals surface area contributed by atoms with Crippen molar-refractivity contribution in [3.8, 4) is 5.75 Å². The zero-order chi connectivity index (χ0) is 14.8. The minimum Gasteiger partial charge on any atom is -0.484 e. The summed E-state index contributed by atoms with van der Waals surface area (Å²) in [4.78, 5) is 21.5. The maximum Gasteiger partial charge on any atom is 0.269 e. The molecule has 0 fully saturated rings. The molecule has 0 saturated heterocycles. The smallest absolute Gasteiger partial charge is 0.269 e. The summed E-state index contributed by atoms with van der Waals surface area (Å²) < 4.78 is 5.25. The minimum absolute atomic E-state index is 0.00211. The predicted molar refractivity (Wildman–Crippen MR) is 75.7 cm³/mol. The normalized spacial score (nSPS) is 10.1. The van der Waals surface area contributed by atoms with Gasteiger partial charge in [-0.2, -0.15) is 0 Å². The van der Waals surface area contributed by atoms with Gasteiger partial charge in [0.15, 0.2) is 6.61 Å². The lowest BCUT2D eigenvalue weighted by molar-refractivity contribution is -0.384. The molecule has 0 saturated carbocycles. The van der Waals surface area contributed by atoms with E-state index in [0.717, 1.165) is 19.3 Å². The van der Waals surface area contributed by atoms with Gasteiger partial charge in [-0.3, -0.25) is 14.9 Å². The second-order valence-corrected chi connectivity index (χ2v) is 4.45. The molecule has 0 aliphatic rings. The SMILES string of the molecule is CCCCCCNC(=O)COc1ccc([N+](=O)[O-])cc1. The lowest BCUT2D eigenvalue weighted by atomic mass is 10.2. The van der Waals surface area contributed by atoms with Gasteiger partial charge in [0.1, 0.15) is 5.75 Å². The highest BCUT2D eigenvalue weighted by molar-refractivity contribution is 5.77. The summed E-state index contributed by atoms with van der Waals surface area (Å²) in [5.74, 6) is 0.261. The highest BCUT2D eigenvalue weighted by atomic mass is 16.6. The molecular formula is C14H20N2O4. The number of carbonyl (C=O) groups excluding carboxylic acids is 1. The van der Waals surface area contributed by atoms with Gasteiger partial charge in [-0.15, -0.1) is 0 Å². The summed E-state index contributed by atoms with van der Waals surface area (Å²) in [5.41, 5.74) is -0.00211. The van der Waals surface area contributed by atoms with Crippen molar-refractivity contribution in [3.63, 3.8) is 0 Å². The number of carbonyl (C=O) groups is 1.